The third kappa shape index (κ3) is 4.79. The molecule has 1 aromatic rings. The lowest BCUT2D eigenvalue weighted by molar-refractivity contribution is -0.908. The summed E-state index contributed by atoms with van der Waals surface area (Å²) in [7, 11) is 2.19. The molecule has 0 aliphatic carbocycles. The van der Waals surface area contributed by atoms with E-state index in [1.54, 1.807) is 24.3 Å². The zero-order chi connectivity index (χ0) is 16.8. The molecule has 1 N–H and O–H groups in total. The lowest BCUT2D eigenvalue weighted by Crippen LogP contribution is -3.14. The molecule has 1 heterocycles. The number of hydrogen-bond donors (Lipinski definition) is 1. The number of carbonyl (C=O) groups is 1. The first-order valence-electron chi connectivity index (χ1n) is 8.34. The zero-order valence-electron chi connectivity index (χ0n) is 14.5. The predicted octanol–water partition coefficient (Wildman–Crippen LogP) is 1.93. The molecule has 0 radical (unpaired) electrons. The topological polar surface area (TPSA) is 52.3 Å². The molecule has 1 fully saturated rings. The number of likely N-dealkylation sites (tertiary alicyclic amines) is 1. The first-order valence-corrected chi connectivity index (χ1v) is 8.34. The van der Waals surface area contributed by atoms with Crippen LogP contribution in [0.1, 0.15) is 44.0 Å². The van der Waals surface area contributed by atoms with Gasteiger partial charge in [0.25, 0.3) is 0 Å². The summed E-state index contributed by atoms with van der Waals surface area (Å²) in [5.41, 5.74) is 1.46. The van der Waals surface area contributed by atoms with E-state index in [-0.39, 0.29) is 0 Å². The molecule has 126 valence electrons. The van der Waals surface area contributed by atoms with Crippen LogP contribution in [0.4, 0.5) is 0 Å². The van der Waals surface area contributed by atoms with Crippen molar-refractivity contribution in [3.63, 3.8) is 0 Å². The van der Waals surface area contributed by atoms with Gasteiger partial charge in [-0.1, -0.05) is 19.0 Å². The average molecular weight is 319 g/mol. The van der Waals surface area contributed by atoms with Crippen molar-refractivity contribution < 1.29 is 19.3 Å². The molecule has 23 heavy (non-hydrogen) atoms. The monoisotopic (exact) mass is 319 g/mol. The van der Waals surface area contributed by atoms with E-state index in [9.17, 15) is 4.79 Å². The molecule has 1 saturated heterocycles. The number of hydrogen-bond acceptors (Lipinski definition) is 4. The average Bonchev–Trinajstić information content (AvgIpc) is 2.55. The van der Waals surface area contributed by atoms with Crippen LogP contribution in [0.15, 0.2) is 29.4 Å². The number of oxime groups is 1. The minimum atomic E-state index is -0.425. The summed E-state index contributed by atoms with van der Waals surface area (Å²) in [6.07, 6.45) is 1.82. The van der Waals surface area contributed by atoms with E-state index >= 15 is 0 Å². The number of nitrogens with zero attached hydrogens (tertiary/aromatic N) is 1. The predicted molar refractivity (Wildman–Crippen MR) is 90.1 cm³/mol. The summed E-state index contributed by atoms with van der Waals surface area (Å²) < 4.78 is 5.50. The minimum Gasteiger partial charge on any atom is -0.494 e. The first-order chi connectivity index (χ1) is 11.0. The van der Waals surface area contributed by atoms with Gasteiger partial charge >= 0.3 is 5.97 Å². The van der Waals surface area contributed by atoms with E-state index in [4.69, 9.17) is 9.57 Å². The van der Waals surface area contributed by atoms with Gasteiger partial charge in [0.2, 0.25) is 0 Å². The van der Waals surface area contributed by atoms with Gasteiger partial charge in [-0.15, -0.1) is 0 Å². The van der Waals surface area contributed by atoms with Crippen molar-refractivity contribution in [2.24, 2.45) is 11.1 Å². The standard InChI is InChI=1S/C18H26N2O3/c1-5-10-22-16-8-6-15(7-9-16)18(21)23-19-17-11-14(3)20(4)12-13(17)2/h6-9,13-14H,5,10-12H2,1-4H3/p+1/b19-17-/t13-,14+/m0/s1. The Bertz CT molecular complexity index is 554. The van der Waals surface area contributed by atoms with E-state index < -0.39 is 5.97 Å². The molecule has 1 unspecified atom stereocenters. The zero-order valence-corrected chi connectivity index (χ0v) is 14.5. The fourth-order valence-electron chi connectivity index (χ4n) is 2.68. The molecule has 5 nitrogen and oxygen atoms in total. The third-order valence-electron chi connectivity index (χ3n) is 4.36. The van der Waals surface area contributed by atoms with Crippen LogP contribution >= 0.6 is 0 Å². The maximum Gasteiger partial charge on any atom is 0.365 e. The molecule has 1 aliphatic rings. The summed E-state index contributed by atoms with van der Waals surface area (Å²) in [5, 5.41) is 4.12. The van der Waals surface area contributed by atoms with E-state index in [0.29, 0.717) is 24.1 Å². The van der Waals surface area contributed by atoms with Crippen molar-refractivity contribution in [2.45, 2.75) is 39.7 Å². The van der Waals surface area contributed by atoms with Gasteiger partial charge < -0.3 is 14.5 Å². The number of ether oxygens (including phenoxy) is 1. The number of benzene rings is 1. The third-order valence-corrected chi connectivity index (χ3v) is 4.36. The van der Waals surface area contributed by atoms with Crippen LogP contribution in [0.25, 0.3) is 0 Å². The van der Waals surface area contributed by atoms with Crippen LogP contribution < -0.4 is 9.64 Å². The van der Waals surface area contributed by atoms with Crippen LogP contribution in [-0.4, -0.2) is 37.9 Å². The van der Waals surface area contributed by atoms with Gasteiger partial charge in [-0.05, 0) is 37.6 Å². The molecule has 1 aliphatic heterocycles. The van der Waals surface area contributed by atoms with Crippen molar-refractivity contribution >= 4 is 11.7 Å². The molecule has 2 rings (SSSR count). The Labute approximate surface area is 138 Å². The van der Waals surface area contributed by atoms with Gasteiger partial charge in [-0.25, -0.2) is 4.79 Å². The van der Waals surface area contributed by atoms with Crippen LogP contribution in [0.5, 0.6) is 5.75 Å². The molecular formula is C18H27N2O3+. The van der Waals surface area contributed by atoms with E-state index in [2.05, 4.69) is 33.0 Å². The quantitative estimate of drug-likeness (QED) is 0.666. The summed E-state index contributed by atoms with van der Waals surface area (Å²) in [5.74, 6) is 0.671. The van der Waals surface area contributed by atoms with Crippen molar-refractivity contribution in [1.29, 1.82) is 0 Å². The van der Waals surface area contributed by atoms with Gasteiger partial charge in [0.15, 0.2) is 0 Å². The van der Waals surface area contributed by atoms with Crippen LogP contribution in [0, 0.1) is 5.92 Å². The van der Waals surface area contributed by atoms with E-state index in [0.717, 1.165) is 30.8 Å². The molecule has 1 aromatic carbocycles. The molecule has 3 atom stereocenters. The second-order valence-electron chi connectivity index (χ2n) is 6.39. The highest BCUT2D eigenvalue weighted by Gasteiger charge is 2.29. The Balaban J connectivity index is 1.95. The summed E-state index contributed by atoms with van der Waals surface area (Å²) in [4.78, 5) is 18.7. The second kappa shape index (κ2) is 8.11. The normalized spacial score (nSPS) is 26.1. The number of quaternary nitrogens is 1. The van der Waals surface area contributed by atoms with Gasteiger partial charge in [0, 0.05) is 12.3 Å². The lowest BCUT2D eigenvalue weighted by atomic mass is 9.93. The fourth-order valence-corrected chi connectivity index (χ4v) is 2.68. The number of piperidine rings is 1. The lowest BCUT2D eigenvalue weighted by Gasteiger charge is -2.31. The molecule has 0 aromatic heterocycles. The highest BCUT2D eigenvalue weighted by Crippen LogP contribution is 2.14. The SMILES string of the molecule is CCCOc1ccc(C(=O)O/N=C2/C[C@@H](C)[NH+](C)C[C@@H]2C)cc1. The summed E-state index contributed by atoms with van der Waals surface area (Å²) in [6, 6.07) is 7.47. The summed E-state index contributed by atoms with van der Waals surface area (Å²) >= 11 is 0. The van der Waals surface area contributed by atoms with Gasteiger partial charge in [0.05, 0.1) is 37.5 Å². The van der Waals surface area contributed by atoms with E-state index in [1.807, 2.05) is 0 Å². The fraction of sp³-hybridized carbons (Fsp3) is 0.556. The molecule has 0 spiro atoms. The minimum absolute atomic E-state index is 0.337. The number of carbonyl (C=O) groups excluding carboxylic acids is 1. The van der Waals surface area contributed by atoms with Crippen molar-refractivity contribution in [3.8, 4) is 5.75 Å². The van der Waals surface area contributed by atoms with Crippen molar-refractivity contribution in [1.82, 2.24) is 0 Å². The Morgan fingerprint density at radius 3 is 2.65 bits per heavy atom. The highest BCUT2D eigenvalue weighted by molar-refractivity contribution is 5.91. The number of rotatable bonds is 5. The maximum absolute atomic E-state index is 12.1. The smallest absolute Gasteiger partial charge is 0.365 e. The highest BCUT2D eigenvalue weighted by atomic mass is 16.7. The first kappa shape index (κ1) is 17.5. The van der Waals surface area contributed by atoms with Crippen LogP contribution in [0.3, 0.4) is 0 Å². The van der Waals surface area contributed by atoms with Crippen molar-refractivity contribution in [2.75, 3.05) is 20.2 Å². The van der Waals surface area contributed by atoms with Crippen LogP contribution in [0.2, 0.25) is 0 Å². The summed E-state index contributed by atoms with van der Waals surface area (Å²) in [6.45, 7) is 8.05. The Morgan fingerprint density at radius 2 is 2.00 bits per heavy atom. The Kier molecular flexibility index (Phi) is 6.16. The molecule has 0 bridgehead atoms. The molecule has 5 heteroatoms. The maximum atomic E-state index is 12.1. The largest absolute Gasteiger partial charge is 0.494 e. The van der Waals surface area contributed by atoms with Gasteiger partial charge in [-0.3, -0.25) is 0 Å². The molecular weight excluding hydrogens is 292 g/mol. The van der Waals surface area contributed by atoms with Crippen LogP contribution in [-0.2, 0) is 4.84 Å². The Hall–Kier alpha value is -1.88. The number of nitrogens with one attached hydrogen (secondary N) is 1. The molecule has 0 saturated carbocycles. The molecule has 0 amide bonds. The Morgan fingerprint density at radius 1 is 1.30 bits per heavy atom. The van der Waals surface area contributed by atoms with Crippen molar-refractivity contribution in [3.05, 3.63) is 29.8 Å². The van der Waals surface area contributed by atoms with Gasteiger partial charge in [0.1, 0.15) is 5.75 Å². The second-order valence-corrected chi connectivity index (χ2v) is 6.39. The van der Waals surface area contributed by atoms with E-state index in [1.165, 1.54) is 4.90 Å². The van der Waals surface area contributed by atoms with Gasteiger partial charge in [-0.2, -0.15) is 0 Å².